The smallest absolute Gasteiger partial charge is 0.164 e. The fourth-order valence-electron chi connectivity index (χ4n) is 5.87. The number of hydrogen-bond donors (Lipinski definition) is 0. The van der Waals surface area contributed by atoms with Crippen molar-refractivity contribution in [3.05, 3.63) is 23.5 Å². The van der Waals surface area contributed by atoms with Crippen LogP contribution >= 0.6 is 0 Å². The molecule has 1 fully saturated rings. The lowest BCUT2D eigenvalue weighted by Gasteiger charge is -2.50. The first-order valence-electron chi connectivity index (χ1n) is 9.58. The Bertz CT molecular complexity index is 801. The standard InChI is InChI=1S/C22H30O3/c1-21(2)10-7-11-22(3)19(21)9-6-8-15-20(22)14-12-17(23-4)18(24-5)13-16(14)25-15/h12-13,19H,6-11H2,1-5H3/t19?,22-/m0/s1. The first-order valence-corrected chi connectivity index (χ1v) is 9.58. The molecule has 4 rings (SSSR count). The van der Waals surface area contributed by atoms with Crippen LogP contribution in [-0.2, 0) is 11.8 Å². The molecular formula is C22H30O3. The van der Waals surface area contributed by atoms with E-state index in [-0.39, 0.29) is 5.41 Å². The molecule has 3 nitrogen and oxygen atoms in total. The van der Waals surface area contributed by atoms with Crippen LogP contribution in [0.4, 0.5) is 0 Å². The summed E-state index contributed by atoms with van der Waals surface area (Å²) < 4.78 is 17.4. The number of rotatable bonds is 2. The van der Waals surface area contributed by atoms with Gasteiger partial charge in [0.05, 0.1) is 14.2 Å². The van der Waals surface area contributed by atoms with E-state index < -0.39 is 0 Å². The minimum atomic E-state index is 0.179. The zero-order valence-corrected chi connectivity index (χ0v) is 16.2. The van der Waals surface area contributed by atoms with Crippen molar-refractivity contribution in [3.63, 3.8) is 0 Å². The molecule has 0 bridgehead atoms. The molecule has 0 amide bonds. The molecule has 25 heavy (non-hydrogen) atoms. The molecule has 2 aliphatic rings. The van der Waals surface area contributed by atoms with Crippen LogP contribution in [0.15, 0.2) is 16.5 Å². The fraction of sp³-hybridized carbons (Fsp3) is 0.636. The lowest BCUT2D eigenvalue weighted by molar-refractivity contribution is 0.0509. The average Bonchev–Trinajstić information content (AvgIpc) is 2.85. The van der Waals surface area contributed by atoms with Crippen molar-refractivity contribution in [1.29, 1.82) is 0 Å². The first-order chi connectivity index (χ1) is 11.9. The van der Waals surface area contributed by atoms with Crippen molar-refractivity contribution in [2.45, 2.75) is 64.7 Å². The normalized spacial score (nSPS) is 28.1. The summed E-state index contributed by atoms with van der Waals surface area (Å²) in [4.78, 5) is 0. The number of fused-ring (bicyclic) bond motifs is 5. The highest BCUT2D eigenvalue weighted by Gasteiger charge is 2.50. The SMILES string of the molecule is COc1cc2oc3c(c2cc1OC)[C@@]1(C)CCCC(C)(C)C1CCC3. The van der Waals surface area contributed by atoms with Gasteiger partial charge in [0.15, 0.2) is 11.5 Å². The Morgan fingerprint density at radius 1 is 1.00 bits per heavy atom. The topological polar surface area (TPSA) is 31.6 Å². The zero-order valence-electron chi connectivity index (χ0n) is 16.2. The number of hydrogen-bond acceptors (Lipinski definition) is 3. The number of benzene rings is 1. The maximum atomic E-state index is 6.36. The summed E-state index contributed by atoms with van der Waals surface area (Å²) in [7, 11) is 3.38. The van der Waals surface area contributed by atoms with Gasteiger partial charge in [0.2, 0.25) is 0 Å². The summed E-state index contributed by atoms with van der Waals surface area (Å²) in [5.41, 5.74) is 2.94. The van der Waals surface area contributed by atoms with E-state index in [1.807, 2.05) is 6.07 Å². The van der Waals surface area contributed by atoms with Gasteiger partial charge >= 0.3 is 0 Å². The number of furan rings is 1. The second-order valence-electron chi connectivity index (χ2n) is 8.81. The van der Waals surface area contributed by atoms with Gasteiger partial charge in [-0.15, -0.1) is 0 Å². The third-order valence-electron chi connectivity index (χ3n) is 6.96. The number of methoxy groups -OCH3 is 2. The summed E-state index contributed by atoms with van der Waals surface area (Å²) in [5, 5.41) is 1.22. The second kappa shape index (κ2) is 5.69. The molecule has 1 saturated carbocycles. The van der Waals surface area contributed by atoms with Gasteiger partial charge in [-0.05, 0) is 48.5 Å². The summed E-state index contributed by atoms with van der Waals surface area (Å²) in [5.74, 6) is 3.42. The highest BCUT2D eigenvalue weighted by molar-refractivity contribution is 5.87. The van der Waals surface area contributed by atoms with Crippen LogP contribution in [0, 0.1) is 11.3 Å². The van der Waals surface area contributed by atoms with E-state index in [0.29, 0.717) is 11.3 Å². The van der Waals surface area contributed by atoms with Gasteiger partial charge < -0.3 is 13.9 Å². The molecule has 0 aliphatic heterocycles. The van der Waals surface area contributed by atoms with Crippen LogP contribution in [0.25, 0.3) is 11.0 Å². The van der Waals surface area contributed by atoms with Crippen LogP contribution in [-0.4, -0.2) is 14.2 Å². The summed E-state index contributed by atoms with van der Waals surface area (Å²) in [6.45, 7) is 7.41. The minimum absolute atomic E-state index is 0.179. The molecule has 0 spiro atoms. The van der Waals surface area contributed by atoms with Gasteiger partial charge in [-0.1, -0.05) is 27.2 Å². The Morgan fingerprint density at radius 3 is 2.44 bits per heavy atom. The lowest BCUT2D eigenvalue weighted by Crippen LogP contribution is -2.44. The van der Waals surface area contributed by atoms with E-state index in [0.717, 1.165) is 23.5 Å². The van der Waals surface area contributed by atoms with E-state index in [2.05, 4.69) is 26.8 Å². The van der Waals surface area contributed by atoms with Gasteiger partial charge in [0.25, 0.3) is 0 Å². The second-order valence-corrected chi connectivity index (χ2v) is 8.81. The molecule has 0 saturated heterocycles. The number of aryl methyl sites for hydroxylation is 1. The largest absolute Gasteiger partial charge is 0.493 e. The van der Waals surface area contributed by atoms with Crippen LogP contribution in [0.2, 0.25) is 0 Å². The number of ether oxygens (including phenoxy) is 2. The molecule has 0 radical (unpaired) electrons. The zero-order chi connectivity index (χ0) is 17.8. The predicted octanol–water partition coefficient (Wildman–Crippen LogP) is 5.87. The first kappa shape index (κ1) is 16.8. The fourth-order valence-corrected chi connectivity index (χ4v) is 5.87. The quantitative estimate of drug-likeness (QED) is 0.684. The Kier molecular flexibility index (Phi) is 3.82. The Morgan fingerprint density at radius 2 is 1.72 bits per heavy atom. The van der Waals surface area contributed by atoms with Crippen molar-refractivity contribution in [2.75, 3.05) is 14.2 Å². The predicted molar refractivity (Wildman–Crippen MR) is 101 cm³/mol. The summed E-state index contributed by atoms with van der Waals surface area (Å²) >= 11 is 0. The van der Waals surface area contributed by atoms with Gasteiger partial charge in [0, 0.05) is 23.4 Å². The third kappa shape index (κ3) is 2.38. The van der Waals surface area contributed by atoms with E-state index in [9.17, 15) is 0 Å². The molecule has 1 aromatic carbocycles. The van der Waals surface area contributed by atoms with Gasteiger partial charge in [-0.2, -0.15) is 0 Å². The van der Waals surface area contributed by atoms with Crippen LogP contribution in [0.1, 0.15) is 64.2 Å². The van der Waals surface area contributed by atoms with E-state index in [4.69, 9.17) is 13.9 Å². The van der Waals surface area contributed by atoms with Gasteiger partial charge in [0.1, 0.15) is 11.3 Å². The van der Waals surface area contributed by atoms with E-state index in [1.54, 1.807) is 14.2 Å². The molecule has 1 aromatic heterocycles. The van der Waals surface area contributed by atoms with Gasteiger partial charge in [-0.25, -0.2) is 0 Å². The van der Waals surface area contributed by atoms with Crippen molar-refractivity contribution < 1.29 is 13.9 Å². The minimum Gasteiger partial charge on any atom is -0.493 e. The lowest BCUT2D eigenvalue weighted by atomic mass is 9.53. The van der Waals surface area contributed by atoms with Crippen LogP contribution in [0.5, 0.6) is 11.5 Å². The molecular weight excluding hydrogens is 312 g/mol. The molecule has 1 unspecified atom stereocenters. The Labute approximate surface area is 150 Å². The van der Waals surface area contributed by atoms with E-state index in [1.165, 1.54) is 48.8 Å². The molecule has 2 atom stereocenters. The van der Waals surface area contributed by atoms with Crippen molar-refractivity contribution in [1.82, 2.24) is 0 Å². The molecule has 2 aliphatic carbocycles. The molecule has 136 valence electrons. The molecule has 3 heteroatoms. The average molecular weight is 342 g/mol. The van der Waals surface area contributed by atoms with E-state index >= 15 is 0 Å². The maximum absolute atomic E-state index is 6.36. The highest BCUT2D eigenvalue weighted by Crippen LogP contribution is 2.58. The Balaban J connectivity index is 1.97. The third-order valence-corrected chi connectivity index (χ3v) is 6.96. The molecule has 2 aromatic rings. The summed E-state index contributed by atoms with van der Waals surface area (Å²) in [6.07, 6.45) is 7.41. The maximum Gasteiger partial charge on any atom is 0.164 e. The molecule has 0 N–H and O–H groups in total. The molecule has 1 heterocycles. The Hall–Kier alpha value is -1.64. The van der Waals surface area contributed by atoms with Crippen LogP contribution < -0.4 is 9.47 Å². The summed E-state index contributed by atoms with van der Waals surface area (Å²) in [6, 6.07) is 4.13. The monoisotopic (exact) mass is 342 g/mol. The van der Waals surface area contributed by atoms with Crippen molar-refractivity contribution in [2.24, 2.45) is 11.3 Å². The highest BCUT2D eigenvalue weighted by atomic mass is 16.5. The van der Waals surface area contributed by atoms with Gasteiger partial charge in [-0.3, -0.25) is 0 Å². The van der Waals surface area contributed by atoms with Crippen molar-refractivity contribution >= 4 is 11.0 Å². The van der Waals surface area contributed by atoms with Crippen LogP contribution in [0.3, 0.4) is 0 Å². The van der Waals surface area contributed by atoms with Crippen molar-refractivity contribution in [3.8, 4) is 11.5 Å².